The first-order valence-corrected chi connectivity index (χ1v) is 4.53. The van der Waals surface area contributed by atoms with Gasteiger partial charge in [-0.25, -0.2) is 0 Å². The van der Waals surface area contributed by atoms with E-state index in [1.54, 1.807) is 0 Å². The molecule has 11 heavy (non-hydrogen) atoms. The fraction of sp³-hybridized carbons (Fsp3) is 1.00. The Hall–Kier alpha value is -0.0800. The van der Waals surface area contributed by atoms with Crippen molar-refractivity contribution in [1.82, 2.24) is 0 Å². The number of ether oxygens (including phenoxy) is 1. The predicted octanol–water partition coefficient (Wildman–Crippen LogP) is 2.06. The van der Waals surface area contributed by atoms with Gasteiger partial charge in [0.1, 0.15) is 0 Å². The lowest BCUT2D eigenvalue weighted by Crippen LogP contribution is -2.36. The van der Waals surface area contributed by atoms with E-state index in [2.05, 4.69) is 0 Å². The molecule has 0 bridgehead atoms. The van der Waals surface area contributed by atoms with E-state index in [1.165, 1.54) is 6.42 Å². The van der Waals surface area contributed by atoms with E-state index < -0.39 is 5.79 Å². The summed E-state index contributed by atoms with van der Waals surface area (Å²) in [7, 11) is 0. The van der Waals surface area contributed by atoms with Crippen LogP contribution in [0.25, 0.3) is 0 Å². The summed E-state index contributed by atoms with van der Waals surface area (Å²) in [5, 5.41) is 9.82. The molecule has 0 aromatic carbocycles. The van der Waals surface area contributed by atoms with Gasteiger partial charge in [0.15, 0.2) is 5.79 Å². The number of hydrogen-bond acceptors (Lipinski definition) is 2. The second-order valence-electron chi connectivity index (χ2n) is 3.67. The highest BCUT2D eigenvalue weighted by Gasteiger charge is 2.30. The van der Waals surface area contributed by atoms with Crippen molar-refractivity contribution in [3.8, 4) is 0 Å². The fourth-order valence-corrected chi connectivity index (χ4v) is 1.66. The summed E-state index contributed by atoms with van der Waals surface area (Å²) in [4.78, 5) is 0. The summed E-state index contributed by atoms with van der Waals surface area (Å²) in [5.74, 6) is -0.799. The van der Waals surface area contributed by atoms with Gasteiger partial charge in [-0.2, -0.15) is 0 Å². The molecule has 0 aromatic rings. The molecule has 2 heteroatoms. The monoisotopic (exact) mass is 158 g/mol. The van der Waals surface area contributed by atoms with Gasteiger partial charge in [0.05, 0.1) is 6.10 Å². The van der Waals surface area contributed by atoms with Crippen LogP contribution in [0, 0.1) is 0 Å². The molecular weight excluding hydrogens is 140 g/mol. The smallest absolute Gasteiger partial charge is 0.165 e. The lowest BCUT2D eigenvalue weighted by Gasteiger charge is -2.33. The van der Waals surface area contributed by atoms with Gasteiger partial charge >= 0.3 is 0 Å². The molecule has 66 valence electrons. The first kappa shape index (κ1) is 9.01. The summed E-state index contributed by atoms with van der Waals surface area (Å²) >= 11 is 0. The predicted molar refractivity (Wildman–Crippen MR) is 44.3 cm³/mol. The molecule has 0 radical (unpaired) electrons. The Labute approximate surface area is 68.6 Å². The van der Waals surface area contributed by atoms with E-state index in [-0.39, 0.29) is 6.10 Å². The third-order valence-electron chi connectivity index (χ3n) is 2.09. The Bertz CT molecular complexity index is 115. The lowest BCUT2D eigenvalue weighted by atomic mass is 9.94. The van der Waals surface area contributed by atoms with E-state index in [1.807, 2.05) is 13.8 Å². The van der Waals surface area contributed by atoms with Crippen molar-refractivity contribution in [2.75, 3.05) is 0 Å². The van der Waals surface area contributed by atoms with E-state index in [9.17, 15) is 5.11 Å². The number of hydrogen-bond donors (Lipinski definition) is 1. The van der Waals surface area contributed by atoms with E-state index in [0.29, 0.717) is 0 Å². The van der Waals surface area contributed by atoms with E-state index in [4.69, 9.17) is 4.74 Å². The summed E-state index contributed by atoms with van der Waals surface area (Å²) in [5.41, 5.74) is 0. The third-order valence-corrected chi connectivity index (χ3v) is 2.09. The summed E-state index contributed by atoms with van der Waals surface area (Å²) < 4.78 is 5.43. The second-order valence-corrected chi connectivity index (χ2v) is 3.67. The normalized spacial score (nSPS) is 24.0. The molecule has 0 saturated heterocycles. The van der Waals surface area contributed by atoms with Gasteiger partial charge in [0, 0.05) is 12.8 Å². The minimum atomic E-state index is -0.799. The molecule has 0 amide bonds. The molecule has 1 aliphatic carbocycles. The van der Waals surface area contributed by atoms with Crippen molar-refractivity contribution in [2.45, 2.75) is 57.8 Å². The van der Waals surface area contributed by atoms with Crippen LogP contribution in [-0.2, 0) is 4.74 Å². The zero-order valence-corrected chi connectivity index (χ0v) is 7.47. The molecule has 0 aliphatic heterocycles. The molecule has 0 spiro atoms. The van der Waals surface area contributed by atoms with Crippen molar-refractivity contribution in [3.63, 3.8) is 0 Å². The molecule has 1 rings (SSSR count). The van der Waals surface area contributed by atoms with Crippen LogP contribution in [0.5, 0.6) is 0 Å². The van der Waals surface area contributed by atoms with Crippen LogP contribution in [-0.4, -0.2) is 17.0 Å². The van der Waals surface area contributed by atoms with Crippen molar-refractivity contribution in [1.29, 1.82) is 0 Å². The van der Waals surface area contributed by atoms with Gasteiger partial charge in [-0.15, -0.1) is 0 Å². The maximum atomic E-state index is 9.82. The SMILES string of the molecule is CC(C)OC1(O)CCCCC1. The Balaban J connectivity index is 2.37. The van der Waals surface area contributed by atoms with Gasteiger partial charge in [-0.1, -0.05) is 6.42 Å². The highest BCUT2D eigenvalue weighted by Crippen LogP contribution is 2.29. The maximum absolute atomic E-state index is 9.82. The van der Waals surface area contributed by atoms with Gasteiger partial charge in [-0.3, -0.25) is 0 Å². The first-order valence-electron chi connectivity index (χ1n) is 4.53. The highest BCUT2D eigenvalue weighted by atomic mass is 16.6. The van der Waals surface area contributed by atoms with Crippen LogP contribution >= 0.6 is 0 Å². The Morgan fingerprint density at radius 1 is 1.18 bits per heavy atom. The molecule has 0 heterocycles. The van der Waals surface area contributed by atoms with Gasteiger partial charge in [0.2, 0.25) is 0 Å². The Kier molecular flexibility index (Phi) is 2.90. The molecule has 0 aromatic heterocycles. The van der Waals surface area contributed by atoms with Crippen LogP contribution in [0.4, 0.5) is 0 Å². The molecule has 2 nitrogen and oxygen atoms in total. The van der Waals surface area contributed by atoms with Gasteiger partial charge in [0.25, 0.3) is 0 Å². The second kappa shape index (κ2) is 3.55. The van der Waals surface area contributed by atoms with E-state index in [0.717, 1.165) is 25.7 Å². The molecule has 1 saturated carbocycles. The van der Waals surface area contributed by atoms with Gasteiger partial charge in [-0.05, 0) is 26.7 Å². The number of rotatable bonds is 2. The van der Waals surface area contributed by atoms with Crippen molar-refractivity contribution >= 4 is 0 Å². The van der Waals surface area contributed by atoms with Crippen LogP contribution in [0.2, 0.25) is 0 Å². The van der Waals surface area contributed by atoms with Crippen LogP contribution in [0.1, 0.15) is 46.0 Å². The largest absolute Gasteiger partial charge is 0.365 e. The standard InChI is InChI=1S/C9H18O2/c1-8(2)11-9(10)6-4-3-5-7-9/h8,10H,3-7H2,1-2H3. The molecular formula is C9H18O2. The average Bonchev–Trinajstić information content (AvgIpc) is 1.85. The Morgan fingerprint density at radius 2 is 1.73 bits per heavy atom. The van der Waals surface area contributed by atoms with Crippen molar-refractivity contribution in [2.24, 2.45) is 0 Å². The summed E-state index contributed by atoms with van der Waals surface area (Å²) in [6.07, 6.45) is 5.20. The lowest BCUT2D eigenvalue weighted by molar-refractivity contribution is -0.238. The summed E-state index contributed by atoms with van der Waals surface area (Å²) in [6, 6.07) is 0. The van der Waals surface area contributed by atoms with E-state index >= 15 is 0 Å². The fourth-order valence-electron chi connectivity index (χ4n) is 1.66. The highest BCUT2D eigenvalue weighted by molar-refractivity contribution is 4.73. The molecule has 1 N–H and O–H groups in total. The zero-order valence-electron chi connectivity index (χ0n) is 7.47. The first-order chi connectivity index (χ1) is 5.12. The quantitative estimate of drug-likeness (QED) is 0.623. The summed E-state index contributed by atoms with van der Waals surface area (Å²) in [6.45, 7) is 3.93. The molecule has 1 aliphatic rings. The van der Waals surface area contributed by atoms with Crippen molar-refractivity contribution < 1.29 is 9.84 Å². The van der Waals surface area contributed by atoms with Crippen LogP contribution < -0.4 is 0 Å². The van der Waals surface area contributed by atoms with Crippen LogP contribution in [0.15, 0.2) is 0 Å². The molecule has 0 unspecified atom stereocenters. The molecule has 1 fully saturated rings. The minimum absolute atomic E-state index is 0.137. The van der Waals surface area contributed by atoms with Crippen LogP contribution in [0.3, 0.4) is 0 Å². The third kappa shape index (κ3) is 2.80. The molecule has 0 atom stereocenters. The maximum Gasteiger partial charge on any atom is 0.165 e. The Morgan fingerprint density at radius 3 is 2.18 bits per heavy atom. The minimum Gasteiger partial charge on any atom is -0.365 e. The number of aliphatic hydroxyl groups is 1. The van der Waals surface area contributed by atoms with Crippen molar-refractivity contribution in [3.05, 3.63) is 0 Å². The topological polar surface area (TPSA) is 29.5 Å². The van der Waals surface area contributed by atoms with Gasteiger partial charge < -0.3 is 9.84 Å². The zero-order chi connectivity index (χ0) is 8.32. The average molecular weight is 158 g/mol.